The third-order valence-electron chi connectivity index (χ3n) is 8.25. The van der Waals surface area contributed by atoms with Crippen LogP contribution in [0.4, 0.5) is 28.0 Å². The number of halogens is 4. The maximum absolute atomic E-state index is 15.8. The Morgan fingerprint density at radius 2 is 1.56 bits per heavy atom. The van der Waals surface area contributed by atoms with Crippen LogP contribution in [0, 0.1) is 5.82 Å². The molecule has 5 rings (SSSR count). The summed E-state index contributed by atoms with van der Waals surface area (Å²) in [6, 6.07) is 10.8. The lowest BCUT2D eigenvalue weighted by atomic mass is 10.0. The molecule has 0 bridgehead atoms. The first-order valence-corrected chi connectivity index (χ1v) is 19.1. The predicted molar refractivity (Wildman–Crippen MR) is 181 cm³/mol. The van der Waals surface area contributed by atoms with Gasteiger partial charge in [-0.2, -0.15) is 13.2 Å². The first kappa shape index (κ1) is 38.4. The van der Waals surface area contributed by atoms with Crippen molar-refractivity contribution in [1.29, 1.82) is 0 Å². The largest absolute Gasteiger partial charge is 0.444 e. The van der Waals surface area contributed by atoms with Crippen molar-refractivity contribution in [2.45, 2.75) is 68.6 Å². The van der Waals surface area contributed by atoms with Gasteiger partial charge in [-0.15, -0.1) is 10.2 Å². The Kier molecular flexibility index (Phi) is 9.81. The van der Waals surface area contributed by atoms with Crippen molar-refractivity contribution in [2.75, 3.05) is 16.9 Å². The summed E-state index contributed by atoms with van der Waals surface area (Å²) in [6.07, 6.45) is -4.64. The summed E-state index contributed by atoms with van der Waals surface area (Å²) >= 11 is 0. The summed E-state index contributed by atoms with van der Waals surface area (Å²) in [6.45, 7) is 7.00. The summed E-state index contributed by atoms with van der Waals surface area (Å²) in [5, 5.41) is 9.89. The number of nitrogens with zero attached hydrogens (tertiary/aromatic N) is 3. The number of alkyl carbamates (subject to hydrolysis) is 1. The summed E-state index contributed by atoms with van der Waals surface area (Å²) in [5.74, 6) is -3.85. The molecule has 3 aromatic carbocycles. The monoisotopic (exact) mass is 766 g/mol. The van der Waals surface area contributed by atoms with E-state index in [1.54, 1.807) is 45.0 Å². The zero-order valence-electron chi connectivity index (χ0n) is 28.7. The number of sulfone groups is 2. The number of benzene rings is 3. The molecular formula is C34H34F4N4O8S2. The highest BCUT2D eigenvalue weighted by Crippen LogP contribution is 2.39. The van der Waals surface area contributed by atoms with Crippen molar-refractivity contribution in [2.24, 2.45) is 0 Å². The second-order valence-corrected chi connectivity index (χ2v) is 18.2. The number of alkyl halides is 3. The van der Waals surface area contributed by atoms with Gasteiger partial charge in [0.2, 0.25) is 5.89 Å². The van der Waals surface area contributed by atoms with Crippen molar-refractivity contribution < 1.29 is 53.1 Å². The molecule has 2 heterocycles. The first-order valence-electron chi connectivity index (χ1n) is 15.5. The molecule has 12 nitrogen and oxygen atoms in total. The van der Waals surface area contributed by atoms with Gasteiger partial charge in [0.15, 0.2) is 19.7 Å². The number of nitrogens with one attached hydrogen (secondary N) is 1. The molecule has 0 saturated carbocycles. The van der Waals surface area contributed by atoms with Crippen LogP contribution in [0.25, 0.3) is 22.6 Å². The number of carbonyl (C=O) groups excluding carboxylic acids is 2. The van der Waals surface area contributed by atoms with E-state index in [0.717, 1.165) is 29.4 Å². The van der Waals surface area contributed by atoms with Crippen LogP contribution in [0.15, 0.2) is 70.0 Å². The van der Waals surface area contributed by atoms with Crippen molar-refractivity contribution in [3.63, 3.8) is 0 Å². The highest BCUT2D eigenvalue weighted by Gasteiger charge is 2.42. The van der Waals surface area contributed by atoms with Crippen LogP contribution in [0.2, 0.25) is 0 Å². The second-order valence-electron chi connectivity index (χ2n) is 13.7. The zero-order chi connectivity index (χ0) is 38.6. The molecule has 1 aliphatic rings. The number of rotatable bonds is 7. The van der Waals surface area contributed by atoms with E-state index >= 15 is 4.39 Å². The van der Waals surface area contributed by atoms with Crippen molar-refractivity contribution >= 4 is 37.4 Å². The molecule has 0 saturated heterocycles. The minimum absolute atomic E-state index is 0.302. The van der Waals surface area contributed by atoms with Gasteiger partial charge in [-0.25, -0.2) is 26.0 Å². The molecule has 0 spiro atoms. The number of fused-ring (bicyclic) bond motifs is 1. The average Bonchev–Trinajstić information content (AvgIpc) is 3.50. The highest BCUT2D eigenvalue weighted by molar-refractivity contribution is 7.92. The van der Waals surface area contributed by atoms with E-state index in [2.05, 4.69) is 15.5 Å². The summed E-state index contributed by atoms with van der Waals surface area (Å²) < 4.78 is 116. The third-order valence-corrected chi connectivity index (χ3v) is 12.1. The second kappa shape index (κ2) is 13.3. The predicted octanol–water partition coefficient (Wildman–Crippen LogP) is 6.06. The molecule has 278 valence electrons. The van der Waals surface area contributed by atoms with E-state index < -0.39 is 87.7 Å². The molecule has 1 atom stereocenters. The van der Waals surface area contributed by atoms with Gasteiger partial charge in [0.1, 0.15) is 22.2 Å². The lowest BCUT2D eigenvalue weighted by molar-refractivity contribution is -0.137. The Hall–Kier alpha value is -4.84. The van der Waals surface area contributed by atoms with Gasteiger partial charge in [-0.1, -0.05) is 36.4 Å². The molecule has 1 N–H and O–H groups in total. The number of ether oxygens (including phenoxy) is 1. The van der Waals surface area contributed by atoms with Gasteiger partial charge >= 0.3 is 12.3 Å². The summed E-state index contributed by atoms with van der Waals surface area (Å²) in [5.41, 5.74) is -1.12. The van der Waals surface area contributed by atoms with Crippen LogP contribution in [0.1, 0.15) is 51.6 Å². The van der Waals surface area contributed by atoms with E-state index in [-0.39, 0.29) is 18.1 Å². The SMILES string of the molecule is CC(C)(C)OC(=O)N[C@H]1CS(=O)(=O)c2cc(F)c(-c3nnc(C(C)(C)S(C)(=O)=O)o3)cc2N(Cc2ccc(-c3ccc(C(F)(F)F)cc3)cc2)C1=O. The van der Waals surface area contributed by atoms with Crippen LogP contribution in [-0.2, 0) is 46.7 Å². The number of carbonyl (C=O) groups is 2. The Balaban J connectivity index is 1.59. The van der Waals surface area contributed by atoms with Crippen molar-refractivity contribution in [1.82, 2.24) is 15.5 Å². The minimum atomic E-state index is -4.51. The normalized spacial score (nSPS) is 16.6. The molecule has 0 radical (unpaired) electrons. The summed E-state index contributed by atoms with van der Waals surface area (Å²) in [4.78, 5) is 27.3. The quantitative estimate of drug-likeness (QED) is 0.219. The molecule has 1 aliphatic heterocycles. The molecular weight excluding hydrogens is 733 g/mol. The van der Waals surface area contributed by atoms with Crippen molar-refractivity contribution in [3.8, 4) is 22.6 Å². The zero-order valence-corrected chi connectivity index (χ0v) is 30.3. The van der Waals surface area contributed by atoms with E-state index in [1.807, 2.05) is 0 Å². The van der Waals surface area contributed by atoms with E-state index in [1.165, 1.54) is 26.0 Å². The fraction of sp³-hybridized carbons (Fsp3) is 0.353. The van der Waals surface area contributed by atoms with Crippen LogP contribution < -0.4 is 10.2 Å². The third kappa shape index (κ3) is 7.96. The molecule has 18 heteroatoms. The van der Waals surface area contributed by atoms with Crippen LogP contribution in [-0.4, -0.2) is 62.7 Å². The van der Waals surface area contributed by atoms with Gasteiger partial charge < -0.3 is 19.4 Å². The Morgan fingerprint density at radius 1 is 0.981 bits per heavy atom. The van der Waals surface area contributed by atoms with E-state index in [4.69, 9.17) is 9.15 Å². The van der Waals surface area contributed by atoms with Gasteiger partial charge in [0.25, 0.3) is 11.8 Å². The number of hydrogen-bond acceptors (Lipinski definition) is 10. The Morgan fingerprint density at radius 3 is 2.10 bits per heavy atom. The first-order chi connectivity index (χ1) is 23.9. The Bertz CT molecular complexity index is 2250. The molecule has 0 unspecified atom stereocenters. The van der Waals surface area contributed by atoms with E-state index in [9.17, 15) is 39.6 Å². The summed E-state index contributed by atoms with van der Waals surface area (Å²) in [7, 11) is -8.28. The molecule has 4 aromatic rings. The average molecular weight is 767 g/mol. The number of hydrogen-bond donors (Lipinski definition) is 1. The van der Waals surface area contributed by atoms with Crippen LogP contribution in [0.5, 0.6) is 0 Å². The lowest BCUT2D eigenvalue weighted by Gasteiger charge is -2.27. The maximum atomic E-state index is 15.8. The fourth-order valence-electron chi connectivity index (χ4n) is 5.14. The molecule has 0 fully saturated rings. The minimum Gasteiger partial charge on any atom is -0.444 e. The highest BCUT2D eigenvalue weighted by atomic mass is 32.2. The van der Waals surface area contributed by atoms with Crippen LogP contribution in [0.3, 0.4) is 0 Å². The van der Waals surface area contributed by atoms with Gasteiger partial charge in [0, 0.05) is 6.26 Å². The topological polar surface area (TPSA) is 166 Å². The van der Waals surface area contributed by atoms with Crippen LogP contribution >= 0.6 is 0 Å². The maximum Gasteiger partial charge on any atom is 0.416 e. The molecule has 52 heavy (non-hydrogen) atoms. The van der Waals surface area contributed by atoms with Gasteiger partial charge in [0.05, 0.1) is 34.0 Å². The number of anilines is 1. The van der Waals surface area contributed by atoms with Crippen molar-refractivity contribution in [3.05, 3.63) is 83.5 Å². The number of amides is 2. The van der Waals surface area contributed by atoms with Gasteiger partial charge in [-0.05, 0) is 75.6 Å². The lowest BCUT2D eigenvalue weighted by Crippen LogP contribution is -2.51. The smallest absolute Gasteiger partial charge is 0.416 e. The fourth-order valence-corrected chi connectivity index (χ4v) is 7.16. The Labute approximate surface area is 297 Å². The molecule has 2 amide bonds. The van der Waals surface area contributed by atoms with E-state index in [0.29, 0.717) is 22.8 Å². The standard InChI is InChI=1S/C34H34F4N4O8S2/c1-32(2,3)50-31(44)39-25-18-52(47,48)27-16-24(35)23(28-40-41-30(49-28)33(4,5)51(6,45)46)15-26(27)42(29(25)43)17-19-7-9-20(10-8-19)21-11-13-22(14-12-21)34(36,37)38/h7-16,25H,17-18H2,1-6H3,(H,39,44)/t25-/m0/s1. The van der Waals surface area contributed by atoms with Gasteiger partial charge in [-0.3, -0.25) is 4.79 Å². The number of aromatic nitrogens is 2. The molecule has 1 aromatic heterocycles. The molecule has 0 aliphatic carbocycles.